The standard InChI is InChI=1S/C23H22ClN3O/c1-4-5-8-18-17(14-25)7-6-9-19(18)22-13-21(26-27-22)16-10-11-23(20(24)12-16)28-15(2)3/h4,6-7,9-13,15H,1,5,8H2,2-3H3,(H,26,27). The molecule has 1 aromatic heterocycles. The van der Waals surface area contributed by atoms with Gasteiger partial charge in [-0.3, -0.25) is 5.10 Å². The highest BCUT2D eigenvalue weighted by Gasteiger charge is 2.14. The first-order valence-electron chi connectivity index (χ1n) is 9.18. The number of aromatic nitrogens is 2. The van der Waals surface area contributed by atoms with E-state index < -0.39 is 0 Å². The Kier molecular flexibility index (Phi) is 6.18. The molecule has 3 aromatic rings. The van der Waals surface area contributed by atoms with Gasteiger partial charge in [0.25, 0.3) is 0 Å². The van der Waals surface area contributed by atoms with Crippen molar-refractivity contribution in [3.05, 3.63) is 71.3 Å². The van der Waals surface area contributed by atoms with Crippen LogP contribution in [0.4, 0.5) is 0 Å². The van der Waals surface area contributed by atoms with Crippen LogP contribution in [0, 0.1) is 11.3 Å². The minimum Gasteiger partial charge on any atom is -0.489 e. The highest BCUT2D eigenvalue weighted by molar-refractivity contribution is 6.32. The predicted octanol–water partition coefficient (Wildman–Crippen LogP) is 6.17. The Hall–Kier alpha value is -3.03. The molecule has 5 heteroatoms. The predicted molar refractivity (Wildman–Crippen MR) is 113 cm³/mol. The molecule has 0 aliphatic rings. The van der Waals surface area contributed by atoms with Crippen LogP contribution in [0.15, 0.2) is 55.1 Å². The Labute approximate surface area is 170 Å². The first-order valence-corrected chi connectivity index (χ1v) is 9.56. The molecule has 0 aliphatic carbocycles. The van der Waals surface area contributed by atoms with Gasteiger partial charge >= 0.3 is 0 Å². The quantitative estimate of drug-likeness (QED) is 0.489. The molecular formula is C23H22ClN3O. The van der Waals surface area contributed by atoms with Crippen LogP contribution >= 0.6 is 11.6 Å². The van der Waals surface area contributed by atoms with E-state index in [2.05, 4.69) is 22.8 Å². The van der Waals surface area contributed by atoms with Crippen LogP contribution in [0.25, 0.3) is 22.5 Å². The monoisotopic (exact) mass is 391 g/mol. The van der Waals surface area contributed by atoms with E-state index in [4.69, 9.17) is 16.3 Å². The molecule has 0 bridgehead atoms. The molecule has 0 amide bonds. The summed E-state index contributed by atoms with van der Waals surface area (Å²) in [4.78, 5) is 0. The van der Waals surface area contributed by atoms with Gasteiger partial charge in [0.15, 0.2) is 0 Å². The van der Waals surface area contributed by atoms with Gasteiger partial charge in [-0.05, 0) is 62.6 Å². The van der Waals surface area contributed by atoms with Crippen molar-refractivity contribution < 1.29 is 4.74 Å². The number of halogens is 1. The fourth-order valence-electron chi connectivity index (χ4n) is 3.08. The van der Waals surface area contributed by atoms with Crippen molar-refractivity contribution in [3.8, 4) is 34.3 Å². The van der Waals surface area contributed by atoms with Crippen LogP contribution in [-0.2, 0) is 6.42 Å². The molecule has 28 heavy (non-hydrogen) atoms. The van der Waals surface area contributed by atoms with E-state index in [-0.39, 0.29) is 6.10 Å². The summed E-state index contributed by atoms with van der Waals surface area (Å²) in [5.74, 6) is 0.657. The topological polar surface area (TPSA) is 61.7 Å². The fraction of sp³-hybridized carbons (Fsp3) is 0.217. The molecule has 0 fully saturated rings. The molecule has 3 rings (SSSR count). The Morgan fingerprint density at radius 3 is 2.79 bits per heavy atom. The van der Waals surface area contributed by atoms with Gasteiger partial charge in [-0.2, -0.15) is 10.4 Å². The summed E-state index contributed by atoms with van der Waals surface area (Å²) < 4.78 is 5.69. The van der Waals surface area contributed by atoms with Gasteiger partial charge in [0.05, 0.1) is 34.1 Å². The third kappa shape index (κ3) is 4.27. The smallest absolute Gasteiger partial charge is 0.138 e. The van der Waals surface area contributed by atoms with E-state index in [9.17, 15) is 5.26 Å². The van der Waals surface area contributed by atoms with E-state index >= 15 is 0 Å². The number of benzene rings is 2. The van der Waals surface area contributed by atoms with Crippen molar-refractivity contribution >= 4 is 11.6 Å². The van der Waals surface area contributed by atoms with Crippen molar-refractivity contribution in [3.63, 3.8) is 0 Å². The zero-order valence-corrected chi connectivity index (χ0v) is 16.8. The molecule has 0 aliphatic heterocycles. The number of hydrogen-bond donors (Lipinski definition) is 1. The molecule has 4 nitrogen and oxygen atoms in total. The summed E-state index contributed by atoms with van der Waals surface area (Å²) >= 11 is 6.36. The zero-order valence-electron chi connectivity index (χ0n) is 16.0. The second-order valence-electron chi connectivity index (χ2n) is 6.75. The van der Waals surface area contributed by atoms with E-state index in [1.54, 1.807) is 0 Å². The Morgan fingerprint density at radius 2 is 2.11 bits per heavy atom. The third-order valence-electron chi connectivity index (χ3n) is 4.35. The van der Waals surface area contributed by atoms with Crippen molar-refractivity contribution in [1.82, 2.24) is 10.2 Å². The lowest BCUT2D eigenvalue weighted by molar-refractivity contribution is 0.242. The lowest BCUT2D eigenvalue weighted by Crippen LogP contribution is -2.05. The number of nitrogens with zero attached hydrogens (tertiary/aromatic N) is 2. The van der Waals surface area contributed by atoms with Crippen molar-refractivity contribution in [2.75, 3.05) is 0 Å². The van der Waals surface area contributed by atoms with Gasteiger partial charge in [0.2, 0.25) is 0 Å². The molecule has 0 saturated carbocycles. The van der Waals surface area contributed by atoms with Gasteiger partial charge < -0.3 is 4.74 Å². The number of H-pyrrole nitrogens is 1. The molecule has 0 unspecified atom stereocenters. The summed E-state index contributed by atoms with van der Waals surface area (Å²) in [6, 6.07) is 15.6. The summed E-state index contributed by atoms with van der Waals surface area (Å²) in [5, 5.41) is 17.6. The second kappa shape index (κ2) is 8.77. The molecular weight excluding hydrogens is 370 g/mol. The molecule has 0 radical (unpaired) electrons. The van der Waals surface area contributed by atoms with Gasteiger partial charge in [0, 0.05) is 11.1 Å². The summed E-state index contributed by atoms with van der Waals surface area (Å²) in [5.41, 5.74) is 5.19. The van der Waals surface area contributed by atoms with Crippen LogP contribution in [0.1, 0.15) is 31.4 Å². The zero-order chi connectivity index (χ0) is 20.1. The first-order chi connectivity index (χ1) is 13.5. The molecule has 1 N–H and O–H groups in total. The number of ether oxygens (including phenoxy) is 1. The number of nitrogens with one attached hydrogen (secondary N) is 1. The molecule has 142 valence electrons. The minimum absolute atomic E-state index is 0.0572. The Balaban J connectivity index is 1.96. The lowest BCUT2D eigenvalue weighted by atomic mass is 9.95. The van der Waals surface area contributed by atoms with Crippen molar-refractivity contribution in [2.45, 2.75) is 32.8 Å². The third-order valence-corrected chi connectivity index (χ3v) is 4.65. The molecule has 1 heterocycles. The number of aromatic amines is 1. The minimum atomic E-state index is 0.0572. The Morgan fingerprint density at radius 1 is 1.29 bits per heavy atom. The second-order valence-corrected chi connectivity index (χ2v) is 7.16. The molecule has 2 aromatic carbocycles. The number of hydrogen-bond acceptors (Lipinski definition) is 3. The maximum atomic E-state index is 9.46. The van der Waals surface area contributed by atoms with Gasteiger partial charge in [-0.15, -0.1) is 6.58 Å². The number of nitriles is 1. The average molecular weight is 392 g/mol. The molecule has 0 spiro atoms. The normalized spacial score (nSPS) is 10.7. The van der Waals surface area contributed by atoms with Crippen LogP contribution in [-0.4, -0.2) is 16.3 Å². The van der Waals surface area contributed by atoms with Crippen LogP contribution in [0.2, 0.25) is 5.02 Å². The summed E-state index contributed by atoms with van der Waals surface area (Å²) in [7, 11) is 0. The number of rotatable bonds is 7. The van der Waals surface area contributed by atoms with E-state index in [0.717, 1.165) is 40.9 Å². The molecule has 0 saturated heterocycles. The van der Waals surface area contributed by atoms with Crippen LogP contribution in [0.3, 0.4) is 0 Å². The highest BCUT2D eigenvalue weighted by atomic mass is 35.5. The van der Waals surface area contributed by atoms with Crippen LogP contribution in [0.5, 0.6) is 5.75 Å². The summed E-state index contributed by atoms with van der Waals surface area (Å²) in [6.07, 6.45) is 3.48. The lowest BCUT2D eigenvalue weighted by Gasteiger charge is -2.11. The highest BCUT2D eigenvalue weighted by Crippen LogP contribution is 2.33. The fourth-order valence-corrected chi connectivity index (χ4v) is 3.30. The van der Waals surface area contributed by atoms with Crippen molar-refractivity contribution in [1.29, 1.82) is 5.26 Å². The summed E-state index contributed by atoms with van der Waals surface area (Å²) in [6.45, 7) is 7.71. The maximum Gasteiger partial charge on any atom is 0.138 e. The largest absolute Gasteiger partial charge is 0.489 e. The number of allylic oxidation sites excluding steroid dienone is 1. The molecule has 0 atom stereocenters. The van der Waals surface area contributed by atoms with E-state index in [1.165, 1.54) is 0 Å². The van der Waals surface area contributed by atoms with Gasteiger partial charge in [-0.1, -0.05) is 29.8 Å². The van der Waals surface area contributed by atoms with Crippen LogP contribution < -0.4 is 4.74 Å². The van der Waals surface area contributed by atoms with Gasteiger partial charge in [0.1, 0.15) is 5.75 Å². The maximum absolute atomic E-state index is 9.46. The van der Waals surface area contributed by atoms with Crippen molar-refractivity contribution in [2.24, 2.45) is 0 Å². The first kappa shape index (κ1) is 19.7. The average Bonchev–Trinajstić information content (AvgIpc) is 3.17. The SMILES string of the molecule is C=CCCc1c(C#N)cccc1-c1cc(-c2ccc(OC(C)C)c(Cl)c2)n[nH]1. The van der Waals surface area contributed by atoms with Gasteiger partial charge in [-0.25, -0.2) is 0 Å². The Bertz CT molecular complexity index is 1030. The van der Waals surface area contributed by atoms with E-state index in [1.807, 2.05) is 62.4 Å². The van der Waals surface area contributed by atoms with E-state index in [0.29, 0.717) is 16.3 Å².